The first-order chi connectivity index (χ1) is 9.22. The zero-order valence-corrected chi connectivity index (χ0v) is 10.3. The fraction of sp³-hybridized carbons (Fsp3) is 0.286. The summed E-state index contributed by atoms with van der Waals surface area (Å²) in [7, 11) is 0. The van der Waals surface area contributed by atoms with Gasteiger partial charge < -0.3 is 10.4 Å². The standard InChI is InChI=1S/C14H13BN2O2/c16-8-15-5-10(9-3-1-2-4-13(9)15)11-6-17-7-12(11)14(18)19/h1-5,11-12,17H,6-7H2,(H,18,19). The Kier molecular flexibility index (Phi) is 2.88. The van der Waals surface area contributed by atoms with Crippen LogP contribution in [-0.4, -0.2) is 30.9 Å². The van der Waals surface area contributed by atoms with E-state index in [1.807, 2.05) is 30.2 Å². The topological polar surface area (TPSA) is 73.1 Å². The summed E-state index contributed by atoms with van der Waals surface area (Å²) in [5, 5.41) is 21.6. The third-order valence-electron chi connectivity index (χ3n) is 4.02. The molecule has 4 nitrogen and oxygen atoms in total. The van der Waals surface area contributed by atoms with Crippen molar-refractivity contribution in [3.63, 3.8) is 0 Å². The predicted octanol–water partition coefficient (Wildman–Crippen LogP) is 0.308. The highest BCUT2D eigenvalue weighted by atomic mass is 16.4. The number of benzene rings is 1. The maximum atomic E-state index is 11.3. The smallest absolute Gasteiger partial charge is 0.326 e. The number of aliphatic carboxylic acids is 1. The molecule has 0 spiro atoms. The summed E-state index contributed by atoms with van der Waals surface area (Å²) in [6, 6.07) is 7.78. The van der Waals surface area contributed by atoms with Crippen molar-refractivity contribution in [2.75, 3.05) is 13.1 Å². The zero-order valence-electron chi connectivity index (χ0n) is 10.3. The summed E-state index contributed by atoms with van der Waals surface area (Å²) in [6.07, 6.45) is 0. The average Bonchev–Trinajstić information content (AvgIpc) is 3.02. The molecule has 2 aliphatic heterocycles. The Morgan fingerprint density at radius 3 is 2.95 bits per heavy atom. The molecule has 1 aromatic rings. The van der Waals surface area contributed by atoms with Gasteiger partial charge in [-0.25, -0.2) is 5.26 Å². The molecule has 0 aliphatic carbocycles. The number of nitrogens with one attached hydrogen (secondary N) is 1. The molecule has 3 rings (SSSR count). The molecule has 0 amide bonds. The van der Waals surface area contributed by atoms with Crippen LogP contribution in [0.2, 0.25) is 0 Å². The Morgan fingerprint density at radius 2 is 2.21 bits per heavy atom. The lowest BCUT2D eigenvalue weighted by molar-refractivity contribution is -0.141. The lowest BCUT2D eigenvalue weighted by Gasteiger charge is -2.17. The Labute approximate surface area is 111 Å². The molecule has 2 atom stereocenters. The Bertz CT molecular complexity index is 606. The van der Waals surface area contributed by atoms with Gasteiger partial charge >= 0.3 is 12.7 Å². The molecule has 0 aromatic heterocycles. The molecule has 1 fully saturated rings. The highest BCUT2D eigenvalue weighted by Crippen LogP contribution is 2.34. The lowest BCUT2D eigenvalue weighted by atomic mass is 9.48. The van der Waals surface area contributed by atoms with Crippen molar-refractivity contribution >= 4 is 23.7 Å². The number of hydrogen-bond acceptors (Lipinski definition) is 3. The first-order valence-corrected chi connectivity index (χ1v) is 6.36. The third-order valence-corrected chi connectivity index (χ3v) is 4.02. The van der Waals surface area contributed by atoms with Gasteiger partial charge in [-0.15, -0.1) is 0 Å². The molecular formula is C14H13BN2O2. The van der Waals surface area contributed by atoms with Gasteiger partial charge in [0.15, 0.2) is 0 Å². The van der Waals surface area contributed by atoms with E-state index in [1.165, 1.54) is 0 Å². The number of nitriles is 1. The van der Waals surface area contributed by atoms with Crippen molar-refractivity contribution in [2.45, 2.75) is 0 Å². The summed E-state index contributed by atoms with van der Waals surface area (Å²) >= 11 is 0. The maximum Gasteiger partial charge on any atom is 0.326 e. The van der Waals surface area contributed by atoms with Crippen LogP contribution in [0, 0.1) is 23.1 Å². The zero-order chi connectivity index (χ0) is 13.4. The van der Waals surface area contributed by atoms with Crippen LogP contribution in [0.1, 0.15) is 5.56 Å². The highest BCUT2D eigenvalue weighted by molar-refractivity contribution is 6.87. The molecule has 2 N–H and O–H groups in total. The number of nitrogens with zero attached hydrogens (tertiary/aromatic N) is 1. The van der Waals surface area contributed by atoms with Gasteiger partial charge in [-0.2, -0.15) is 0 Å². The average molecular weight is 252 g/mol. The van der Waals surface area contributed by atoms with Crippen LogP contribution >= 0.6 is 0 Å². The van der Waals surface area contributed by atoms with Crippen LogP contribution in [0.5, 0.6) is 0 Å². The normalized spacial score (nSPS) is 24.8. The molecule has 1 aromatic carbocycles. The summed E-state index contributed by atoms with van der Waals surface area (Å²) in [4.78, 5) is 11.3. The second-order valence-corrected chi connectivity index (χ2v) is 5.03. The Balaban J connectivity index is 2.02. The van der Waals surface area contributed by atoms with E-state index in [4.69, 9.17) is 0 Å². The molecule has 2 aliphatic rings. The van der Waals surface area contributed by atoms with Crippen LogP contribution in [0.4, 0.5) is 0 Å². The van der Waals surface area contributed by atoms with Crippen molar-refractivity contribution in [3.05, 3.63) is 35.8 Å². The molecule has 0 radical (unpaired) electrons. The van der Waals surface area contributed by atoms with Crippen LogP contribution in [0.3, 0.4) is 0 Å². The minimum absolute atomic E-state index is 0.0444. The summed E-state index contributed by atoms with van der Waals surface area (Å²) in [5.41, 5.74) is 3.05. The number of carboxylic acid groups (broad SMARTS) is 1. The molecule has 0 bridgehead atoms. The minimum Gasteiger partial charge on any atom is -0.481 e. The van der Waals surface area contributed by atoms with E-state index in [9.17, 15) is 15.2 Å². The van der Waals surface area contributed by atoms with Gasteiger partial charge in [0.2, 0.25) is 0 Å². The van der Waals surface area contributed by atoms with Crippen LogP contribution < -0.4 is 10.8 Å². The second kappa shape index (κ2) is 4.56. The van der Waals surface area contributed by atoms with Crippen molar-refractivity contribution < 1.29 is 9.90 Å². The van der Waals surface area contributed by atoms with Gasteiger partial charge in [0.1, 0.15) is 0 Å². The van der Waals surface area contributed by atoms with Gasteiger partial charge in [-0.1, -0.05) is 35.7 Å². The first kappa shape index (κ1) is 12.0. The number of rotatable bonds is 2. The highest BCUT2D eigenvalue weighted by Gasteiger charge is 2.39. The first-order valence-electron chi connectivity index (χ1n) is 6.36. The van der Waals surface area contributed by atoms with E-state index in [1.54, 1.807) is 0 Å². The monoisotopic (exact) mass is 252 g/mol. The summed E-state index contributed by atoms with van der Waals surface area (Å²) < 4.78 is 0. The summed E-state index contributed by atoms with van der Waals surface area (Å²) in [5.74, 6) is 2.98. The van der Waals surface area contributed by atoms with Gasteiger partial charge in [-0.05, 0) is 11.1 Å². The van der Waals surface area contributed by atoms with Crippen LogP contribution in [0.25, 0.3) is 5.57 Å². The lowest BCUT2D eigenvalue weighted by Crippen LogP contribution is -2.25. The van der Waals surface area contributed by atoms with E-state index in [0.29, 0.717) is 13.1 Å². The van der Waals surface area contributed by atoms with Crippen molar-refractivity contribution in [2.24, 2.45) is 11.8 Å². The van der Waals surface area contributed by atoms with E-state index >= 15 is 0 Å². The van der Waals surface area contributed by atoms with Gasteiger partial charge in [0.05, 0.1) is 5.92 Å². The number of hydrogen-bond donors (Lipinski definition) is 2. The van der Waals surface area contributed by atoms with Crippen LogP contribution in [0.15, 0.2) is 30.2 Å². The third kappa shape index (κ3) is 1.85. The molecular weight excluding hydrogens is 239 g/mol. The fourth-order valence-corrected chi connectivity index (χ4v) is 3.09. The molecule has 19 heavy (non-hydrogen) atoms. The van der Waals surface area contributed by atoms with Crippen molar-refractivity contribution in [1.82, 2.24) is 5.32 Å². The van der Waals surface area contributed by atoms with Crippen molar-refractivity contribution in [3.8, 4) is 5.97 Å². The Morgan fingerprint density at radius 1 is 1.42 bits per heavy atom. The predicted molar refractivity (Wildman–Crippen MR) is 72.9 cm³/mol. The number of carbonyl (C=O) groups is 1. The van der Waals surface area contributed by atoms with Gasteiger partial charge in [0.25, 0.3) is 0 Å². The molecule has 2 heterocycles. The maximum absolute atomic E-state index is 11.3. The molecule has 0 saturated carbocycles. The van der Waals surface area contributed by atoms with E-state index in [0.717, 1.165) is 16.6 Å². The van der Waals surface area contributed by atoms with Gasteiger partial charge in [-0.3, -0.25) is 4.79 Å². The number of carboxylic acids is 1. The quantitative estimate of drug-likeness (QED) is 0.743. The minimum atomic E-state index is -0.770. The van der Waals surface area contributed by atoms with Crippen LogP contribution in [-0.2, 0) is 4.79 Å². The molecule has 1 saturated heterocycles. The fourth-order valence-electron chi connectivity index (χ4n) is 3.09. The van der Waals surface area contributed by atoms with E-state index in [-0.39, 0.29) is 12.6 Å². The Hall–Kier alpha value is -2.06. The molecule has 5 heteroatoms. The summed E-state index contributed by atoms with van der Waals surface area (Å²) in [6.45, 7) is 0.910. The van der Waals surface area contributed by atoms with E-state index in [2.05, 4.69) is 11.3 Å². The SMILES string of the molecule is N#CB1C=C(C2CNCC2C(=O)O)c2ccccc21. The van der Waals surface area contributed by atoms with E-state index < -0.39 is 11.9 Å². The van der Waals surface area contributed by atoms with Crippen molar-refractivity contribution in [1.29, 1.82) is 5.26 Å². The number of fused-ring (bicyclic) bond motifs is 1. The molecule has 2 unspecified atom stereocenters. The molecule has 94 valence electrons. The van der Waals surface area contributed by atoms with Gasteiger partial charge in [0, 0.05) is 25.0 Å². The largest absolute Gasteiger partial charge is 0.481 e. The second-order valence-electron chi connectivity index (χ2n) is 5.03.